The summed E-state index contributed by atoms with van der Waals surface area (Å²) in [5.41, 5.74) is 2.18. The van der Waals surface area contributed by atoms with Gasteiger partial charge in [0.25, 0.3) is 5.56 Å². The lowest BCUT2D eigenvalue weighted by molar-refractivity contribution is 1.10. The Hall–Kier alpha value is -1.56. The van der Waals surface area contributed by atoms with Crippen LogP contribution < -0.4 is 22.1 Å². The Morgan fingerprint density at radius 2 is 2.45 bits per heavy atom. The van der Waals surface area contributed by atoms with E-state index in [4.69, 9.17) is 5.84 Å². The van der Waals surface area contributed by atoms with E-state index in [0.717, 1.165) is 0 Å². The minimum atomic E-state index is -0.299. The van der Waals surface area contributed by atoms with Crippen molar-refractivity contribution in [2.45, 2.75) is 0 Å². The number of H-pyrrole nitrogens is 1. The molecule has 5 N–H and O–H groups in total. The van der Waals surface area contributed by atoms with Crippen LogP contribution in [0.25, 0.3) is 0 Å². The fourth-order valence-corrected chi connectivity index (χ4v) is 0.723. The molecule has 0 aliphatic carbocycles. The molecular weight excluding hydrogens is 146 g/mol. The van der Waals surface area contributed by atoms with Crippen molar-refractivity contribution >= 4 is 11.5 Å². The molecule has 0 saturated carbocycles. The van der Waals surface area contributed by atoms with Crippen molar-refractivity contribution in [3.8, 4) is 0 Å². The third-order valence-corrected chi connectivity index (χ3v) is 1.23. The van der Waals surface area contributed by atoms with Gasteiger partial charge in [0.2, 0.25) is 0 Å². The second kappa shape index (κ2) is 3.02. The summed E-state index contributed by atoms with van der Waals surface area (Å²) < 4.78 is 0. The molecule has 0 amide bonds. The average Bonchev–Trinajstić information content (AvgIpc) is 2.04. The van der Waals surface area contributed by atoms with Crippen molar-refractivity contribution in [2.24, 2.45) is 5.84 Å². The van der Waals surface area contributed by atoms with Gasteiger partial charge in [0.15, 0.2) is 11.5 Å². The highest BCUT2D eigenvalue weighted by molar-refractivity contribution is 5.61. The summed E-state index contributed by atoms with van der Waals surface area (Å²) in [6.07, 6.45) is 1.30. The van der Waals surface area contributed by atoms with E-state index in [0.29, 0.717) is 5.82 Å². The predicted molar refractivity (Wildman–Crippen MR) is 42.2 cm³/mol. The molecule has 0 aromatic carbocycles. The van der Waals surface area contributed by atoms with Crippen molar-refractivity contribution in [1.29, 1.82) is 0 Å². The van der Waals surface area contributed by atoms with Gasteiger partial charge in [-0.1, -0.05) is 0 Å². The van der Waals surface area contributed by atoms with Crippen molar-refractivity contribution in [3.05, 3.63) is 16.7 Å². The van der Waals surface area contributed by atoms with Gasteiger partial charge < -0.3 is 15.7 Å². The smallest absolute Gasteiger partial charge is 0.277 e. The Morgan fingerprint density at radius 1 is 1.73 bits per heavy atom. The Bertz CT molecular complexity index is 293. The van der Waals surface area contributed by atoms with Crippen LogP contribution in [0, 0.1) is 0 Å². The second-order valence-corrected chi connectivity index (χ2v) is 1.85. The van der Waals surface area contributed by atoms with Crippen LogP contribution in [0.4, 0.5) is 11.5 Å². The van der Waals surface area contributed by atoms with E-state index in [2.05, 4.69) is 20.7 Å². The average molecular weight is 155 g/mol. The Morgan fingerprint density at radius 3 is 2.91 bits per heavy atom. The molecule has 0 saturated heterocycles. The summed E-state index contributed by atoms with van der Waals surface area (Å²) in [6.45, 7) is 0. The Balaban J connectivity index is 3.24. The number of hydrazine groups is 1. The summed E-state index contributed by atoms with van der Waals surface area (Å²) in [5.74, 6) is 5.50. The quantitative estimate of drug-likeness (QED) is 0.328. The number of hydrogen-bond donors (Lipinski definition) is 4. The van der Waals surface area contributed by atoms with E-state index in [1.807, 2.05) is 0 Å². The Kier molecular flexibility index (Phi) is 2.07. The van der Waals surface area contributed by atoms with Crippen LogP contribution in [-0.4, -0.2) is 17.0 Å². The van der Waals surface area contributed by atoms with Gasteiger partial charge >= 0.3 is 0 Å². The summed E-state index contributed by atoms with van der Waals surface area (Å²) in [7, 11) is 1.66. The number of rotatable bonds is 2. The van der Waals surface area contributed by atoms with Crippen LogP contribution in [-0.2, 0) is 0 Å². The van der Waals surface area contributed by atoms with Gasteiger partial charge in [-0.2, -0.15) is 0 Å². The summed E-state index contributed by atoms with van der Waals surface area (Å²) in [4.78, 5) is 17.1. The highest BCUT2D eigenvalue weighted by Gasteiger charge is 2.02. The molecule has 1 aromatic rings. The normalized spacial score (nSPS) is 9.27. The second-order valence-electron chi connectivity index (χ2n) is 1.85. The molecule has 0 atom stereocenters. The van der Waals surface area contributed by atoms with Crippen LogP contribution in [0.2, 0.25) is 0 Å². The van der Waals surface area contributed by atoms with E-state index in [-0.39, 0.29) is 11.2 Å². The third kappa shape index (κ3) is 1.30. The molecule has 60 valence electrons. The van der Waals surface area contributed by atoms with Gasteiger partial charge in [-0.05, 0) is 0 Å². The molecule has 0 fully saturated rings. The molecule has 6 nitrogen and oxygen atoms in total. The van der Waals surface area contributed by atoms with Crippen molar-refractivity contribution in [3.63, 3.8) is 0 Å². The molecule has 0 spiro atoms. The first-order valence-corrected chi connectivity index (χ1v) is 3.01. The van der Waals surface area contributed by atoms with Crippen LogP contribution in [0.1, 0.15) is 0 Å². The van der Waals surface area contributed by atoms with Gasteiger partial charge in [0.1, 0.15) is 0 Å². The zero-order valence-corrected chi connectivity index (χ0v) is 6.01. The number of nitrogens with one attached hydrogen (secondary N) is 3. The zero-order valence-electron chi connectivity index (χ0n) is 6.01. The van der Waals surface area contributed by atoms with Crippen LogP contribution in [0.3, 0.4) is 0 Å². The molecule has 1 heterocycles. The largest absolute Gasteiger partial charge is 0.371 e. The Labute approximate surface area is 62.8 Å². The lowest BCUT2D eigenvalue weighted by atomic mass is 10.5. The lowest BCUT2D eigenvalue weighted by Crippen LogP contribution is -2.20. The van der Waals surface area contributed by atoms with Crippen LogP contribution >= 0.6 is 0 Å². The molecule has 0 bridgehead atoms. The number of aromatic nitrogens is 2. The van der Waals surface area contributed by atoms with Gasteiger partial charge in [-0.3, -0.25) is 10.6 Å². The highest BCUT2D eigenvalue weighted by atomic mass is 16.1. The SMILES string of the molecule is CNc1nc[nH]c(=O)c1NN. The number of nitrogen functional groups attached to an aromatic ring is 1. The molecular formula is C5H9N5O. The van der Waals surface area contributed by atoms with Crippen LogP contribution in [0.15, 0.2) is 11.1 Å². The summed E-state index contributed by atoms with van der Waals surface area (Å²) in [6, 6.07) is 0. The molecule has 0 aliphatic rings. The first kappa shape index (κ1) is 7.55. The van der Waals surface area contributed by atoms with Gasteiger partial charge in [0, 0.05) is 7.05 Å². The van der Waals surface area contributed by atoms with E-state index in [1.165, 1.54) is 6.33 Å². The summed E-state index contributed by atoms with van der Waals surface area (Å²) >= 11 is 0. The number of nitrogens with two attached hydrogens (primary N) is 1. The van der Waals surface area contributed by atoms with E-state index < -0.39 is 0 Å². The standard InChI is InChI=1S/C5H9N5O/c1-7-4-3(10-6)5(11)9-2-8-4/h2,10H,6H2,1H3,(H2,7,8,9,11). The monoisotopic (exact) mass is 155 g/mol. The molecule has 11 heavy (non-hydrogen) atoms. The van der Waals surface area contributed by atoms with E-state index >= 15 is 0 Å². The van der Waals surface area contributed by atoms with E-state index in [9.17, 15) is 4.79 Å². The van der Waals surface area contributed by atoms with Crippen molar-refractivity contribution in [1.82, 2.24) is 9.97 Å². The molecule has 0 radical (unpaired) electrons. The van der Waals surface area contributed by atoms with E-state index in [1.54, 1.807) is 7.05 Å². The fraction of sp³-hybridized carbons (Fsp3) is 0.200. The predicted octanol–water partition coefficient (Wildman–Crippen LogP) is -0.903. The van der Waals surface area contributed by atoms with Crippen LogP contribution in [0.5, 0.6) is 0 Å². The molecule has 1 aromatic heterocycles. The highest BCUT2D eigenvalue weighted by Crippen LogP contribution is 2.07. The molecule has 0 unspecified atom stereocenters. The van der Waals surface area contributed by atoms with Crippen molar-refractivity contribution in [2.75, 3.05) is 17.8 Å². The number of anilines is 2. The van der Waals surface area contributed by atoms with Gasteiger partial charge in [-0.25, -0.2) is 4.98 Å². The molecule has 1 rings (SSSR count). The zero-order chi connectivity index (χ0) is 8.27. The first-order valence-electron chi connectivity index (χ1n) is 3.01. The fourth-order valence-electron chi connectivity index (χ4n) is 0.723. The topological polar surface area (TPSA) is 95.8 Å². The number of nitrogens with zero attached hydrogens (tertiary/aromatic N) is 1. The van der Waals surface area contributed by atoms with Gasteiger partial charge in [-0.15, -0.1) is 0 Å². The molecule has 6 heteroatoms. The lowest BCUT2D eigenvalue weighted by Gasteiger charge is -2.03. The van der Waals surface area contributed by atoms with Gasteiger partial charge in [0.05, 0.1) is 6.33 Å². The number of aromatic amines is 1. The molecule has 0 aliphatic heterocycles. The summed E-state index contributed by atoms with van der Waals surface area (Å²) in [5, 5.41) is 2.71. The maximum Gasteiger partial charge on any atom is 0.277 e. The maximum atomic E-state index is 11.0. The minimum absolute atomic E-state index is 0.231. The maximum absolute atomic E-state index is 11.0. The first-order chi connectivity index (χ1) is 5.29. The third-order valence-electron chi connectivity index (χ3n) is 1.23. The minimum Gasteiger partial charge on any atom is -0.371 e. The van der Waals surface area contributed by atoms with Crippen molar-refractivity contribution < 1.29 is 0 Å². The number of hydrogen-bond acceptors (Lipinski definition) is 5.